The molecule has 0 aliphatic carbocycles. The van der Waals surface area contributed by atoms with Crippen LogP contribution in [0.4, 0.5) is 0 Å². The van der Waals surface area contributed by atoms with Crippen LogP contribution >= 0.6 is 0 Å². The third-order valence-electron chi connectivity index (χ3n) is 2.31. The molecule has 1 heterocycles. The minimum atomic E-state index is -0.731. The molecule has 0 unspecified atom stereocenters. The monoisotopic (exact) mass is 255 g/mol. The molecule has 0 aliphatic heterocycles. The molecule has 1 aromatic heterocycles. The fraction of sp³-hybridized carbons (Fsp3) is 0.545. The predicted molar refractivity (Wildman–Crippen MR) is 64.2 cm³/mol. The van der Waals surface area contributed by atoms with Gasteiger partial charge in [0.25, 0.3) is 11.5 Å². The van der Waals surface area contributed by atoms with Crippen LogP contribution < -0.4 is 10.9 Å². The lowest BCUT2D eigenvalue weighted by molar-refractivity contribution is 0.0872. The second kappa shape index (κ2) is 6.87. The molecule has 0 fully saturated rings. The van der Waals surface area contributed by atoms with Crippen LogP contribution in [0.15, 0.2) is 16.9 Å². The first kappa shape index (κ1) is 14.3. The summed E-state index contributed by atoms with van der Waals surface area (Å²) in [6.07, 6.45) is 0.730. The number of aliphatic hydroxyl groups excluding tert-OH is 2. The largest absolute Gasteiger partial charge is 0.394 e. The van der Waals surface area contributed by atoms with E-state index in [0.29, 0.717) is 6.54 Å². The van der Waals surface area contributed by atoms with Gasteiger partial charge in [-0.15, -0.1) is 0 Å². The van der Waals surface area contributed by atoms with Gasteiger partial charge in [0, 0.05) is 12.6 Å². The van der Waals surface area contributed by atoms with Crippen LogP contribution in [0.25, 0.3) is 0 Å². The molecule has 0 aliphatic rings. The van der Waals surface area contributed by atoms with Gasteiger partial charge in [-0.05, 0) is 12.5 Å². The van der Waals surface area contributed by atoms with E-state index in [9.17, 15) is 9.59 Å². The summed E-state index contributed by atoms with van der Waals surface area (Å²) in [7, 11) is 0. The summed E-state index contributed by atoms with van der Waals surface area (Å²) in [5.74, 6) is -0.534. The zero-order chi connectivity index (χ0) is 13.5. The van der Waals surface area contributed by atoms with E-state index >= 15 is 0 Å². The molecular formula is C11H17N3O4. The summed E-state index contributed by atoms with van der Waals surface area (Å²) in [5, 5.41) is 24.0. The third-order valence-corrected chi connectivity index (χ3v) is 2.31. The summed E-state index contributed by atoms with van der Waals surface area (Å²) >= 11 is 0. The van der Waals surface area contributed by atoms with Gasteiger partial charge >= 0.3 is 0 Å². The Morgan fingerprint density at radius 3 is 2.67 bits per heavy atom. The zero-order valence-corrected chi connectivity index (χ0v) is 10.2. The van der Waals surface area contributed by atoms with Gasteiger partial charge in [-0.1, -0.05) is 6.92 Å². The summed E-state index contributed by atoms with van der Waals surface area (Å²) in [6, 6.07) is 1.85. The smallest absolute Gasteiger partial charge is 0.272 e. The van der Waals surface area contributed by atoms with Crippen LogP contribution in [0, 0.1) is 0 Å². The number of amides is 1. The Morgan fingerprint density at radius 1 is 1.44 bits per heavy atom. The predicted octanol–water partition coefficient (Wildman–Crippen LogP) is -1.26. The van der Waals surface area contributed by atoms with Gasteiger partial charge in [0.1, 0.15) is 5.69 Å². The molecule has 0 saturated carbocycles. The molecule has 1 aromatic rings. The fourth-order valence-electron chi connectivity index (χ4n) is 1.35. The molecule has 1 rings (SSSR count). The first-order chi connectivity index (χ1) is 8.62. The van der Waals surface area contributed by atoms with Crippen molar-refractivity contribution < 1.29 is 15.0 Å². The highest BCUT2D eigenvalue weighted by atomic mass is 16.3. The molecule has 0 spiro atoms. The highest BCUT2D eigenvalue weighted by Gasteiger charge is 2.14. The van der Waals surface area contributed by atoms with Crippen molar-refractivity contribution in [1.82, 2.24) is 15.1 Å². The molecule has 1 amide bonds. The summed E-state index contributed by atoms with van der Waals surface area (Å²) in [4.78, 5) is 23.1. The quantitative estimate of drug-likeness (QED) is 0.588. The van der Waals surface area contributed by atoms with Crippen molar-refractivity contribution in [3.63, 3.8) is 0 Å². The van der Waals surface area contributed by atoms with E-state index in [-0.39, 0.29) is 24.5 Å². The second-order valence-corrected chi connectivity index (χ2v) is 3.82. The summed E-state index contributed by atoms with van der Waals surface area (Å²) in [5.41, 5.74) is -0.191. The van der Waals surface area contributed by atoms with E-state index in [1.54, 1.807) is 0 Å². The molecule has 100 valence electrons. The van der Waals surface area contributed by atoms with Gasteiger partial charge in [0.15, 0.2) is 0 Å². The number of aliphatic hydroxyl groups is 2. The highest BCUT2D eigenvalue weighted by molar-refractivity contribution is 5.92. The number of carbonyl (C=O) groups is 1. The first-order valence-electron chi connectivity index (χ1n) is 5.73. The maximum Gasteiger partial charge on any atom is 0.272 e. The van der Waals surface area contributed by atoms with Crippen molar-refractivity contribution >= 4 is 5.91 Å². The first-order valence-corrected chi connectivity index (χ1v) is 5.73. The van der Waals surface area contributed by atoms with E-state index in [1.165, 1.54) is 16.8 Å². The molecular weight excluding hydrogens is 238 g/mol. The fourth-order valence-corrected chi connectivity index (χ4v) is 1.35. The Bertz CT molecular complexity index is 454. The Labute approximate surface area is 104 Å². The van der Waals surface area contributed by atoms with Crippen LogP contribution in [-0.4, -0.2) is 45.2 Å². The van der Waals surface area contributed by atoms with E-state index in [2.05, 4.69) is 10.4 Å². The van der Waals surface area contributed by atoms with Crippen LogP contribution in [0.2, 0.25) is 0 Å². The summed E-state index contributed by atoms with van der Waals surface area (Å²) < 4.78 is 1.21. The number of aromatic nitrogens is 2. The highest BCUT2D eigenvalue weighted by Crippen LogP contribution is 1.93. The topological polar surface area (TPSA) is 104 Å². The maximum absolute atomic E-state index is 11.7. The molecule has 0 saturated heterocycles. The minimum absolute atomic E-state index is 0.0787. The number of hydrogen-bond acceptors (Lipinski definition) is 5. The van der Waals surface area contributed by atoms with Gasteiger partial charge in [-0.3, -0.25) is 9.59 Å². The van der Waals surface area contributed by atoms with E-state index in [1.807, 2.05) is 6.92 Å². The van der Waals surface area contributed by atoms with Crippen molar-refractivity contribution in [3.05, 3.63) is 28.2 Å². The number of carbonyl (C=O) groups excluding carboxylic acids is 1. The molecule has 3 N–H and O–H groups in total. The molecule has 18 heavy (non-hydrogen) atoms. The Morgan fingerprint density at radius 2 is 2.11 bits per heavy atom. The standard InChI is InChI=1S/C11H17N3O4/c1-2-5-14-10(17)4-3-9(13-14)11(18)12-8(6-15)7-16/h3-4,8,15-16H,2,5-7H2,1H3,(H,12,18). The normalized spacial score (nSPS) is 10.7. The maximum atomic E-state index is 11.7. The van der Waals surface area contributed by atoms with Gasteiger partial charge in [-0.2, -0.15) is 5.10 Å². The van der Waals surface area contributed by atoms with Gasteiger partial charge in [0.05, 0.1) is 19.3 Å². The number of nitrogens with zero attached hydrogens (tertiary/aromatic N) is 2. The van der Waals surface area contributed by atoms with Crippen molar-refractivity contribution in [2.45, 2.75) is 25.9 Å². The van der Waals surface area contributed by atoms with Crippen LogP contribution in [-0.2, 0) is 6.54 Å². The molecule has 0 radical (unpaired) electrons. The van der Waals surface area contributed by atoms with Gasteiger partial charge < -0.3 is 15.5 Å². The molecule has 0 atom stereocenters. The van der Waals surface area contributed by atoms with Crippen molar-refractivity contribution in [2.75, 3.05) is 13.2 Å². The van der Waals surface area contributed by atoms with Gasteiger partial charge in [-0.25, -0.2) is 4.68 Å². The molecule has 0 aromatic carbocycles. The van der Waals surface area contributed by atoms with Crippen molar-refractivity contribution in [2.24, 2.45) is 0 Å². The Balaban J connectivity index is 2.86. The van der Waals surface area contributed by atoms with E-state index in [4.69, 9.17) is 10.2 Å². The van der Waals surface area contributed by atoms with E-state index in [0.717, 1.165) is 6.42 Å². The lowest BCUT2D eigenvalue weighted by Crippen LogP contribution is -2.41. The third kappa shape index (κ3) is 3.64. The number of nitrogens with one attached hydrogen (secondary N) is 1. The Kier molecular flexibility index (Phi) is 5.47. The lowest BCUT2D eigenvalue weighted by Gasteiger charge is -2.13. The van der Waals surface area contributed by atoms with Gasteiger partial charge in [0.2, 0.25) is 0 Å². The number of aryl methyl sites for hydroxylation is 1. The van der Waals surface area contributed by atoms with Crippen LogP contribution in [0.5, 0.6) is 0 Å². The Hall–Kier alpha value is -1.73. The molecule has 0 bridgehead atoms. The SMILES string of the molecule is CCCn1nc(C(=O)NC(CO)CO)ccc1=O. The summed E-state index contributed by atoms with van der Waals surface area (Å²) in [6.45, 7) is 1.60. The van der Waals surface area contributed by atoms with E-state index < -0.39 is 11.9 Å². The average Bonchev–Trinajstić information content (AvgIpc) is 2.38. The second-order valence-electron chi connectivity index (χ2n) is 3.82. The van der Waals surface area contributed by atoms with Crippen LogP contribution in [0.1, 0.15) is 23.8 Å². The van der Waals surface area contributed by atoms with Crippen molar-refractivity contribution in [3.8, 4) is 0 Å². The number of hydrogen-bond donors (Lipinski definition) is 3. The zero-order valence-electron chi connectivity index (χ0n) is 10.2. The molecule has 7 nitrogen and oxygen atoms in total. The van der Waals surface area contributed by atoms with Crippen molar-refractivity contribution in [1.29, 1.82) is 0 Å². The minimum Gasteiger partial charge on any atom is -0.394 e. The average molecular weight is 255 g/mol. The molecule has 7 heteroatoms. The number of rotatable bonds is 6. The van der Waals surface area contributed by atoms with Crippen LogP contribution in [0.3, 0.4) is 0 Å². The lowest BCUT2D eigenvalue weighted by atomic mass is 10.3.